The van der Waals surface area contributed by atoms with Crippen molar-refractivity contribution in [3.63, 3.8) is 0 Å². The molecule has 0 radical (unpaired) electrons. The van der Waals surface area contributed by atoms with Crippen LogP contribution in [-0.4, -0.2) is 50.2 Å². The normalized spacial score (nSPS) is 15.3. The van der Waals surface area contributed by atoms with Crippen molar-refractivity contribution in [2.75, 3.05) is 13.1 Å². The summed E-state index contributed by atoms with van der Waals surface area (Å²) in [4.78, 5) is 23.5. The van der Waals surface area contributed by atoms with Crippen molar-refractivity contribution >= 4 is 17.2 Å². The Balaban J connectivity index is 1.35. The van der Waals surface area contributed by atoms with Gasteiger partial charge < -0.3 is 9.64 Å². The Kier molecular flexibility index (Phi) is 4.43. The zero-order valence-electron chi connectivity index (χ0n) is 13.5. The molecule has 1 amide bonds. The Morgan fingerprint density at radius 2 is 2.20 bits per heavy atom. The SMILES string of the molecule is O=C(c1cc(-c2cccs2)[nH]n1)N1CCC(Oc2ccncn2)CC1. The van der Waals surface area contributed by atoms with Gasteiger partial charge in [-0.05, 0) is 17.5 Å². The highest BCUT2D eigenvalue weighted by Crippen LogP contribution is 2.24. The Hall–Kier alpha value is -2.74. The molecule has 7 nitrogen and oxygen atoms in total. The first-order valence-corrected chi connectivity index (χ1v) is 8.99. The molecule has 4 heterocycles. The molecular weight excluding hydrogens is 338 g/mol. The average molecular weight is 355 g/mol. The quantitative estimate of drug-likeness (QED) is 0.778. The van der Waals surface area contributed by atoms with Crippen LogP contribution in [-0.2, 0) is 0 Å². The van der Waals surface area contributed by atoms with Gasteiger partial charge in [0.15, 0.2) is 5.69 Å². The highest BCUT2D eigenvalue weighted by Gasteiger charge is 2.26. The summed E-state index contributed by atoms with van der Waals surface area (Å²) in [6.45, 7) is 1.30. The van der Waals surface area contributed by atoms with Crippen molar-refractivity contribution in [3.05, 3.63) is 47.9 Å². The number of thiophene rings is 1. The van der Waals surface area contributed by atoms with E-state index in [0.29, 0.717) is 24.7 Å². The van der Waals surface area contributed by atoms with E-state index in [2.05, 4.69) is 20.2 Å². The molecule has 0 unspecified atom stereocenters. The zero-order chi connectivity index (χ0) is 17.1. The molecule has 1 saturated heterocycles. The third kappa shape index (κ3) is 3.53. The maximum absolute atomic E-state index is 12.6. The number of hydrogen-bond donors (Lipinski definition) is 1. The van der Waals surface area contributed by atoms with E-state index in [9.17, 15) is 4.79 Å². The summed E-state index contributed by atoms with van der Waals surface area (Å²) in [5.74, 6) is 0.534. The van der Waals surface area contributed by atoms with Gasteiger partial charge in [-0.15, -0.1) is 11.3 Å². The smallest absolute Gasteiger partial charge is 0.274 e. The maximum atomic E-state index is 12.6. The average Bonchev–Trinajstić information content (AvgIpc) is 3.34. The number of amides is 1. The number of carbonyl (C=O) groups excluding carboxylic acids is 1. The van der Waals surface area contributed by atoms with Crippen LogP contribution in [0.5, 0.6) is 5.88 Å². The number of piperidine rings is 1. The van der Waals surface area contributed by atoms with Crippen LogP contribution in [0.15, 0.2) is 42.2 Å². The molecule has 128 valence electrons. The molecule has 0 aliphatic carbocycles. The van der Waals surface area contributed by atoms with Crippen LogP contribution in [0.3, 0.4) is 0 Å². The number of ether oxygens (including phenoxy) is 1. The lowest BCUT2D eigenvalue weighted by molar-refractivity contribution is 0.0582. The number of aromatic nitrogens is 4. The van der Waals surface area contributed by atoms with Gasteiger partial charge in [0.2, 0.25) is 5.88 Å². The number of rotatable bonds is 4. The summed E-state index contributed by atoms with van der Waals surface area (Å²) in [5, 5.41) is 9.12. The number of nitrogens with one attached hydrogen (secondary N) is 1. The van der Waals surface area contributed by atoms with Crippen molar-refractivity contribution in [2.24, 2.45) is 0 Å². The summed E-state index contributed by atoms with van der Waals surface area (Å²) in [5.41, 5.74) is 1.33. The lowest BCUT2D eigenvalue weighted by Crippen LogP contribution is -2.42. The van der Waals surface area contributed by atoms with Crippen molar-refractivity contribution < 1.29 is 9.53 Å². The van der Waals surface area contributed by atoms with E-state index in [-0.39, 0.29) is 12.0 Å². The van der Waals surface area contributed by atoms with Crippen LogP contribution in [0.4, 0.5) is 0 Å². The molecule has 4 rings (SSSR count). The summed E-state index contributed by atoms with van der Waals surface area (Å²) in [7, 11) is 0. The van der Waals surface area contributed by atoms with Gasteiger partial charge in [0.05, 0.1) is 10.6 Å². The standard InChI is InChI=1S/C17H17N5O2S/c23-17(14-10-13(20-21-14)15-2-1-9-25-15)22-7-4-12(5-8-22)24-16-3-6-18-11-19-16/h1-3,6,9-12H,4-5,7-8H2,(H,20,21). The van der Waals surface area contributed by atoms with Crippen molar-refractivity contribution in [1.29, 1.82) is 0 Å². The molecule has 1 N–H and O–H groups in total. The molecule has 1 aliphatic heterocycles. The molecular formula is C17H17N5O2S. The highest BCUT2D eigenvalue weighted by atomic mass is 32.1. The second-order valence-corrected chi connectivity index (χ2v) is 6.75. The minimum absolute atomic E-state index is 0.0421. The fourth-order valence-corrected chi connectivity index (χ4v) is 3.54. The van der Waals surface area contributed by atoms with E-state index < -0.39 is 0 Å². The van der Waals surface area contributed by atoms with Gasteiger partial charge in [-0.3, -0.25) is 9.89 Å². The Labute approximate surface area is 148 Å². The molecule has 3 aromatic rings. The third-order valence-corrected chi connectivity index (χ3v) is 5.06. The Morgan fingerprint density at radius 1 is 1.32 bits per heavy atom. The summed E-state index contributed by atoms with van der Waals surface area (Å²) < 4.78 is 5.83. The lowest BCUT2D eigenvalue weighted by Gasteiger charge is -2.31. The zero-order valence-corrected chi connectivity index (χ0v) is 14.3. The van der Waals surface area contributed by atoms with E-state index in [1.807, 2.05) is 28.5 Å². The molecule has 1 aliphatic rings. The van der Waals surface area contributed by atoms with E-state index in [1.54, 1.807) is 23.6 Å². The van der Waals surface area contributed by atoms with Crippen LogP contribution in [0.25, 0.3) is 10.6 Å². The summed E-state index contributed by atoms with van der Waals surface area (Å²) >= 11 is 1.61. The molecule has 0 saturated carbocycles. The van der Waals surface area contributed by atoms with Gasteiger partial charge in [-0.25, -0.2) is 9.97 Å². The first-order chi connectivity index (χ1) is 12.3. The van der Waals surface area contributed by atoms with Crippen LogP contribution < -0.4 is 4.74 Å². The molecule has 25 heavy (non-hydrogen) atoms. The second kappa shape index (κ2) is 7.02. The Bertz CT molecular complexity index is 826. The second-order valence-electron chi connectivity index (χ2n) is 5.80. The number of H-pyrrole nitrogens is 1. The number of likely N-dealkylation sites (tertiary alicyclic amines) is 1. The molecule has 3 aromatic heterocycles. The number of hydrogen-bond acceptors (Lipinski definition) is 6. The summed E-state index contributed by atoms with van der Waals surface area (Å²) in [6.07, 6.45) is 4.75. The minimum Gasteiger partial charge on any atom is -0.474 e. The number of nitrogens with zero attached hydrogens (tertiary/aromatic N) is 4. The predicted octanol–water partition coefficient (Wildman–Crippen LogP) is 2.61. The molecule has 0 atom stereocenters. The predicted molar refractivity (Wildman–Crippen MR) is 93.5 cm³/mol. The maximum Gasteiger partial charge on any atom is 0.274 e. The molecule has 0 aromatic carbocycles. The molecule has 0 bridgehead atoms. The van der Waals surface area contributed by atoms with Gasteiger partial charge >= 0.3 is 0 Å². The fourth-order valence-electron chi connectivity index (χ4n) is 2.85. The van der Waals surface area contributed by atoms with E-state index in [1.165, 1.54) is 6.33 Å². The highest BCUT2D eigenvalue weighted by molar-refractivity contribution is 7.13. The van der Waals surface area contributed by atoms with Crippen LogP contribution in [0.1, 0.15) is 23.3 Å². The van der Waals surface area contributed by atoms with Crippen LogP contribution >= 0.6 is 11.3 Å². The molecule has 8 heteroatoms. The van der Waals surface area contributed by atoms with Crippen molar-refractivity contribution in [1.82, 2.24) is 25.1 Å². The molecule has 1 fully saturated rings. The fraction of sp³-hybridized carbons (Fsp3) is 0.294. The molecule has 0 spiro atoms. The third-order valence-electron chi connectivity index (χ3n) is 4.16. The van der Waals surface area contributed by atoms with Gasteiger partial charge in [-0.1, -0.05) is 6.07 Å². The van der Waals surface area contributed by atoms with Crippen molar-refractivity contribution in [2.45, 2.75) is 18.9 Å². The topological polar surface area (TPSA) is 84.0 Å². The largest absolute Gasteiger partial charge is 0.474 e. The Morgan fingerprint density at radius 3 is 2.92 bits per heavy atom. The lowest BCUT2D eigenvalue weighted by atomic mass is 10.1. The number of aromatic amines is 1. The first kappa shape index (κ1) is 15.8. The summed E-state index contributed by atoms with van der Waals surface area (Å²) in [6, 6.07) is 7.54. The van der Waals surface area contributed by atoms with Crippen LogP contribution in [0, 0.1) is 0 Å². The van der Waals surface area contributed by atoms with Gasteiger partial charge in [0.25, 0.3) is 5.91 Å². The first-order valence-electron chi connectivity index (χ1n) is 8.11. The van der Waals surface area contributed by atoms with Gasteiger partial charge in [0.1, 0.15) is 12.4 Å². The monoisotopic (exact) mass is 355 g/mol. The van der Waals surface area contributed by atoms with E-state index in [4.69, 9.17) is 4.74 Å². The van der Waals surface area contributed by atoms with E-state index >= 15 is 0 Å². The van der Waals surface area contributed by atoms with Gasteiger partial charge in [0, 0.05) is 38.2 Å². The minimum atomic E-state index is -0.0421. The van der Waals surface area contributed by atoms with Crippen molar-refractivity contribution in [3.8, 4) is 16.5 Å². The van der Waals surface area contributed by atoms with Gasteiger partial charge in [-0.2, -0.15) is 5.10 Å². The number of carbonyl (C=O) groups is 1. The van der Waals surface area contributed by atoms with Crippen LogP contribution in [0.2, 0.25) is 0 Å². The van der Waals surface area contributed by atoms with E-state index in [0.717, 1.165) is 23.4 Å².